The zero-order valence-corrected chi connectivity index (χ0v) is 18.7. The fourth-order valence-electron chi connectivity index (χ4n) is 4.70. The molecule has 0 atom stereocenters. The van der Waals surface area contributed by atoms with E-state index in [4.69, 9.17) is 0 Å². The number of anilines is 3. The van der Waals surface area contributed by atoms with Crippen LogP contribution in [0.4, 0.5) is 17.1 Å². The third-order valence-corrected chi connectivity index (χ3v) is 7.17. The minimum Gasteiger partial charge on any atom is -0.339 e. The van der Waals surface area contributed by atoms with Gasteiger partial charge in [-0.15, -0.1) is 11.3 Å². The summed E-state index contributed by atoms with van der Waals surface area (Å²) in [5.41, 5.74) is 5.74. The van der Waals surface area contributed by atoms with Crippen molar-refractivity contribution in [3.63, 3.8) is 0 Å². The minimum atomic E-state index is 0.0624. The molecular weight excluding hydrogens is 404 g/mol. The average Bonchev–Trinajstić information content (AvgIpc) is 3.40. The summed E-state index contributed by atoms with van der Waals surface area (Å²) >= 11 is 1.70. The molecule has 3 heterocycles. The van der Waals surface area contributed by atoms with Gasteiger partial charge in [-0.3, -0.25) is 9.69 Å². The van der Waals surface area contributed by atoms with Gasteiger partial charge in [-0.1, -0.05) is 30.3 Å². The summed E-state index contributed by atoms with van der Waals surface area (Å²) in [5.74, 6) is 0.205. The molecule has 31 heavy (non-hydrogen) atoms. The number of likely N-dealkylation sites (tertiary alicyclic amines) is 1. The fraction of sp³-hybridized carbons (Fsp3) is 0.360. The molecule has 5 rings (SSSR count). The van der Waals surface area contributed by atoms with Gasteiger partial charge >= 0.3 is 0 Å². The highest BCUT2D eigenvalue weighted by molar-refractivity contribution is 7.09. The average molecular weight is 433 g/mol. The number of aryl methyl sites for hydroxylation is 1. The summed E-state index contributed by atoms with van der Waals surface area (Å²) in [6, 6.07) is 16.7. The van der Waals surface area contributed by atoms with Crippen LogP contribution in [0.3, 0.4) is 0 Å². The van der Waals surface area contributed by atoms with Crippen molar-refractivity contribution in [1.29, 1.82) is 0 Å². The van der Waals surface area contributed by atoms with E-state index in [2.05, 4.69) is 55.8 Å². The number of thiazole rings is 1. The molecule has 3 aromatic rings. The number of carbonyl (C=O) groups is 1. The molecule has 1 N–H and O–H groups in total. The number of rotatable bonds is 5. The second kappa shape index (κ2) is 8.81. The zero-order valence-electron chi connectivity index (χ0n) is 17.9. The van der Waals surface area contributed by atoms with Crippen LogP contribution in [0.1, 0.15) is 29.1 Å². The molecule has 0 unspecified atom stereocenters. The Balaban J connectivity index is 1.23. The second-order valence-corrected chi connectivity index (χ2v) is 9.51. The van der Waals surface area contributed by atoms with Crippen molar-refractivity contribution >= 4 is 34.3 Å². The summed E-state index contributed by atoms with van der Waals surface area (Å²) in [5, 5.41) is 6.50. The molecule has 0 radical (unpaired) electrons. The number of nitrogens with one attached hydrogen (secondary N) is 1. The van der Waals surface area contributed by atoms with Crippen LogP contribution in [0.5, 0.6) is 0 Å². The number of nitrogens with zero attached hydrogens (tertiary/aromatic N) is 3. The largest absolute Gasteiger partial charge is 0.339 e. The highest BCUT2D eigenvalue weighted by Gasteiger charge is 2.27. The summed E-state index contributed by atoms with van der Waals surface area (Å²) in [6.07, 6.45) is 2.82. The Bertz CT molecular complexity index is 1070. The van der Waals surface area contributed by atoms with Crippen LogP contribution in [0, 0.1) is 12.8 Å². The summed E-state index contributed by atoms with van der Waals surface area (Å²) < 4.78 is 0. The predicted molar refractivity (Wildman–Crippen MR) is 127 cm³/mol. The first kappa shape index (κ1) is 20.2. The number of aromatic nitrogens is 1. The van der Waals surface area contributed by atoms with Gasteiger partial charge in [-0.05, 0) is 63.0 Å². The normalized spacial score (nSPS) is 17.0. The Morgan fingerprint density at radius 2 is 1.81 bits per heavy atom. The number of fused-ring (bicyclic) bond motifs is 1. The summed E-state index contributed by atoms with van der Waals surface area (Å²) in [6.45, 7) is 5.76. The van der Waals surface area contributed by atoms with E-state index < -0.39 is 0 Å². The van der Waals surface area contributed by atoms with Gasteiger partial charge < -0.3 is 10.2 Å². The van der Waals surface area contributed by atoms with Gasteiger partial charge in [0.25, 0.3) is 0 Å². The number of benzene rings is 2. The van der Waals surface area contributed by atoms with E-state index in [1.54, 1.807) is 11.3 Å². The van der Waals surface area contributed by atoms with Crippen LogP contribution in [-0.2, 0) is 17.8 Å². The summed E-state index contributed by atoms with van der Waals surface area (Å²) in [7, 11) is 0. The van der Waals surface area contributed by atoms with Gasteiger partial charge in [-0.2, -0.15) is 0 Å². The molecule has 1 aromatic heterocycles. The number of hydrogen-bond acceptors (Lipinski definition) is 5. The number of carbonyl (C=O) groups excluding carboxylic acids is 1. The van der Waals surface area contributed by atoms with E-state index in [0.717, 1.165) is 67.5 Å². The molecule has 0 saturated carbocycles. The van der Waals surface area contributed by atoms with Gasteiger partial charge in [0.15, 0.2) is 0 Å². The highest BCUT2D eigenvalue weighted by Crippen LogP contribution is 2.38. The molecule has 5 nitrogen and oxygen atoms in total. The molecule has 6 heteroatoms. The minimum absolute atomic E-state index is 0.0624. The van der Waals surface area contributed by atoms with Crippen LogP contribution in [0.2, 0.25) is 0 Å². The van der Waals surface area contributed by atoms with E-state index in [1.807, 2.05) is 25.1 Å². The smallest absolute Gasteiger partial charge is 0.227 e. The Labute approximate surface area is 187 Å². The van der Waals surface area contributed by atoms with E-state index in [0.29, 0.717) is 0 Å². The Hall–Kier alpha value is -2.70. The number of amides is 1. The first-order valence-corrected chi connectivity index (χ1v) is 11.9. The predicted octanol–water partition coefficient (Wildman–Crippen LogP) is 5.00. The molecule has 2 aromatic carbocycles. The first-order valence-electron chi connectivity index (χ1n) is 11.1. The maximum atomic E-state index is 13.1. The number of para-hydroxylation sites is 3. The van der Waals surface area contributed by atoms with Gasteiger partial charge in [0, 0.05) is 30.1 Å². The standard InChI is InChI=1S/C25H28N4OS/c1-18-26-21(17-31-18)16-28-13-10-20(11-14-28)25(30)27-22-7-3-5-9-24(22)29-15-12-19-6-2-4-8-23(19)29/h2-9,17,20H,10-16H2,1H3,(H,27,30). The van der Waals surface area contributed by atoms with Crippen LogP contribution in [0.25, 0.3) is 0 Å². The Morgan fingerprint density at radius 1 is 1.06 bits per heavy atom. The van der Waals surface area contributed by atoms with Gasteiger partial charge in [0.1, 0.15) is 0 Å². The third kappa shape index (κ3) is 4.36. The fourth-order valence-corrected chi connectivity index (χ4v) is 5.31. The molecule has 0 bridgehead atoms. The Kier molecular flexibility index (Phi) is 5.74. The highest BCUT2D eigenvalue weighted by atomic mass is 32.1. The van der Waals surface area contributed by atoms with E-state index in [-0.39, 0.29) is 11.8 Å². The van der Waals surface area contributed by atoms with Crippen LogP contribution >= 0.6 is 11.3 Å². The molecule has 1 saturated heterocycles. The lowest BCUT2D eigenvalue weighted by molar-refractivity contribution is -0.121. The maximum Gasteiger partial charge on any atom is 0.227 e. The molecule has 0 aliphatic carbocycles. The van der Waals surface area contributed by atoms with Gasteiger partial charge in [-0.25, -0.2) is 4.98 Å². The Morgan fingerprint density at radius 3 is 2.58 bits per heavy atom. The topological polar surface area (TPSA) is 48.5 Å². The summed E-state index contributed by atoms with van der Waals surface area (Å²) in [4.78, 5) is 22.4. The molecule has 160 valence electrons. The van der Waals surface area contributed by atoms with Crippen molar-refractivity contribution in [2.75, 3.05) is 29.9 Å². The zero-order chi connectivity index (χ0) is 21.2. The molecule has 1 amide bonds. The van der Waals surface area contributed by atoms with Crippen molar-refractivity contribution in [2.45, 2.75) is 32.7 Å². The molecule has 0 spiro atoms. The van der Waals surface area contributed by atoms with Crippen molar-refractivity contribution in [1.82, 2.24) is 9.88 Å². The molecule has 1 fully saturated rings. The van der Waals surface area contributed by atoms with Crippen molar-refractivity contribution in [3.8, 4) is 0 Å². The molecule has 2 aliphatic heterocycles. The van der Waals surface area contributed by atoms with E-state index in [1.165, 1.54) is 11.3 Å². The molecule has 2 aliphatic rings. The van der Waals surface area contributed by atoms with Crippen LogP contribution in [-0.4, -0.2) is 35.4 Å². The van der Waals surface area contributed by atoms with Crippen molar-refractivity contribution in [3.05, 3.63) is 70.2 Å². The SMILES string of the molecule is Cc1nc(CN2CCC(C(=O)Nc3ccccc3N3CCc4ccccc43)CC2)cs1. The van der Waals surface area contributed by atoms with Crippen LogP contribution < -0.4 is 10.2 Å². The van der Waals surface area contributed by atoms with Crippen molar-refractivity contribution in [2.24, 2.45) is 5.92 Å². The second-order valence-electron chi connectivity index (χ2n) is 8.45. The molecular formula is C25H28N4OS. The number of piperidine rings is 1. The quantitative estimate of drug-likeness (QED) is 0.617. The monoisotopic (exact) mass is 432 g/mol. The van der Waals surface area contributed by atoms with E-state index in [9.17, 15) is 4.79 Å². The first-order chi connectivity index (χ1) is 15.2. The van der Waals surface area contributed by atoms with E-state index >= 15 is 0 Å². The van der Waals surface area contributed by atoms with Crippen molar-refractivity contribution < 1.29 is 4.79 Å². The van der Waals surface area contributed by atoms with Crippen LogP contribution in [0.15, 0.2) is 53.9 Å². The van der Waals surface area contributed by atoms with Gasteiger partial charge in [0.2, 0.25) is 5.91 Å². The lowest BCUT2D eigenvalue weighted by Crippen LogP contribution is -2.38. The number of hydrogen-bond donors (Lipinski definition) is 1. The lowest BCUT2D eigenvalue weighted by atomic mass is 9.95. The lowest BCUT2D eigenvalue weighted by Gasteiger charge is -2.31. The third-order valence-electron chi connectivity index (χ3n) is 6.35. The maximum absolute atomic E-state index is 13.1. The van der Waals surface area contributed by atoms with Gasteiger partial charge in [0.05, 0.1) is 22.1 Å².